The quantitative estimate of drug-likeness (QED) is 0.708. The number of aromatic amines is 1. The molecule has 0 radical (unpaired) electrons. The van der Waals surface area contributed by atoms with Crippen LogP contribution in [0.15, 0.2) is 35.1 Å². The van der Waals surface area contributed by atoms with Gasteiger partial charge in [0.15, 0.2) is 0 Å². The van der Waals surface area contributed by atoms with Crippen LogP contribution in [0.5, 0.6) is 0 Å². The standard InChI is InChI=1S/C19H19FN6O2/c20-13-3-1-12(2-4-13)15-9-17(27)26(24-15)19-22-16-11-21-10-14(16)18(23-19)25-5-7-28-8-6-25/h1-4,9,21,24H,5-8,10-11H2. The van der Waals surface area contributed by atoms with Crippen molar-refractivity contribution in [2.75, 3.05) is 31.2 Å². The maximum Gasteiger partial charge on any atom is 0.274 e. The second kappa shape index (κ2) is 6.84. The van der Waals surface area contributed by atoms with Crippen LogP contribution in [0.4, 0.5) is 10.2 Å². The van der Waals surface area contributed by atoms with Crippen LogP contribution in [0, 0.1) is 5.82 Å². The first-order valence-electron chi connectivity index (χ1n) is 9.20. The van der Waals surface area contributed by atoms with E-state index in [-0.39, 0.29) is 11.4 Å². The first-order valence-corrected chi connectivity index (χ1v) is 9.20. The highest BCUT2D eigenvalue weighted by molar-refractivity contribution is 5.59. The molecule has 28 heavy (non-hydrogen) atoms. The Hall–Kier alpha value is -3.04. The van der Waals surface area contributed by atoms with Crippen LogP contribution in [0.2, 0.25) is 0 Å². The molecule has 1 fully saturated rings. The molecule has 0 saturated carbocycles. The Kier molecular flexibility index (Phi) is 4.18. The van der Waals surface area contributed by atoms with Gasteiger partial charge in [0.2, 0.25) is 0 Å². The van der Waals surface area contributed by atoms with E-state index in [1.54, 1.807) is 12.1 Å². The van der Waals surface area contributed by atoms with Crippen LogP contribution in [0.3, 0.4) is 0 Å². The summed E-state index contributed by atoms with van der Waals surface area (Å²) in [6.07, 6.45) is 0. The minimum atomic E-state index is -0.324. The lowest BCUT2D eigenvalue weighted by Gasteiger charge is -2.29. The van der Waals surface area contributed by atoms with Crippen molar-refractivity contribution < 1.29 is 9.13 Å². The number of benzene rings is 1. The average molecular weight is 382 g/mol. The summed E-state index contributed by atoms with van der Waals surface area (Å²) in [6, 6.07) is 7.43. The first-order chi connectivity index (χ1) is 13.7. The highest BCUT2D eigenvalue weighted by Crippen LogP contribution is 2.26. The van der Waals surface area contributed by atoms with Gasteiger partial charge in [0.05, 0.1) is 24.6 Å². The number of hydrogen-bond acceptors (Lipinski definition) is 6. The zero-order valence-electron chi connectivity index (χ0n) is 15.1. The van der Waals surface area contributed by atoms with Crippen molar-refractivity contribution in [3.63, 3.8) is 0 Å². The topological polar surface area (TPSA) is 88.1 Å². The molecule has 4 heterocycles. The molecule has 0 atom stereocenters. The van der Waals surface area contributed by atoms with Crippen LogP contribution in [-0.4, -0.2) is 46.1 Å². The fraction of sp³-hybridized carbons (Fsp3) is 0.316. The van der Waals surface area contributed by atoms with E-state index in [1.807, 2.05) is 0 Å². The SMILES string of the molecule is O=c1cc(-c2ccc(F)cc2)[nH]n1-c1nc2c(c(N3CCOCC3)n1)CNC2. The van der Waals surface area contributed by atoms with E-state index in [4.69, 9.17) is 9.72 Å². The zero-order chi connectivity index (χ0) is 19.1. The third-order valence-corrected chi connectivity index (χ3v) is 5.04. The second-order valence-electron chi connectivity index (χ2n) is 6.83. The van der Waals surface area contributed by atoms with Crippen LogP contribution in [0.1, 0.15) is 11.3 Å². The summed E-state index contributed by atoms with van der Waals surface area (Å²) in [6.45, 7) is 4.16. The maximum atomic E-state index is 13.2. The Morgan fingerprint density at radius 3 is 2.64 bits per heavy atom. The molecule has 2 aliphatic heterocycles. The van der Waals surface area contributed by atoms with E-state index in [0.717, 1.165) is 30.2 Å². The number of ether oxygens (including phenoxy) is 1. The van der Waals surface area contributed by atoms with Gasteiger partial charge in [0.25, 0.3) is 11.5 Å². The number of halogens is 1. The lowest BCUT2D eigenvalue weighted by molar-refractivity contribution is 0.122. The van der Waals surface area contributed by atoms with Crippen molar-refractivity contribution in [3.05, 3.63) is 57.8 Å². The van der Waals surface area contributed by atoms with Crippen molar-refractivity contribution in [1.29, 1.82) is 0 Å². The molecule has 2 aromatic heterocycles. The summed E-state index contributed by atoms with van der Waals surface area (Å²) in [5.74, 6) is 0.829. The van der Waals surface area contributed by atoms with Gasteiger partial charge in [-0.1, -0.05) is 0 Å². The number of hydrogen-bond donors (Lipinski definition) is 2. The highest BCUT2D eigenvalue weighted by atomic mass is 19.1. The predicted molar refractivity (Wildman–Crippen MR) is 101 cm³/mol. The Morgan fingerprint density at radius 1 is 1.07 bits per heavy atom. The molecule has 0 aliphatic carbocycles. The Balaban J connectivity index is 1.58. The van der Waals surface area contributed by atoms with E-state index >= 15 is 0 Å². The van der Waals surface area contributed by atoms with Crippen molar-refractivity contribution in [2.45, 2.75) is 13.1 Å². The van der Waals surface area contributed by atoms with Gasteiger partial charge in [-0.25, -0.2) is 9.37 Å². The molecule has 0 spiro atoms. The minimum Gasteiger partial charge on any atom is -0.378 e. The third kappa shape index (κ3) is 2.98. The van der Waals surface area contributed by atoms with Crippen LogP contribution in [-0.2, 0) is 17.8 Å². The average Bonchev–Trinajstić information content (AvgIpc) is 3.35. The summed E-state index contributed by atoms with van der Waals surface area (Å²) < 4.78 is 20.0. The van der Waals surface area contributed by atoms with E-state index in [9.17, 15) is 9.18 Å². The van der Waals surface area contributed by atoms with Gasteiger partial charge >= 0.3 is 0 Å². The van der Waals surface area contributed by atoms with Crippen LogP contribution >= 0.6 is 0 Å². The molecule has 5 rings (SSSR count). The van der Waals surface area contributed by atoms with Gasteiger partial charge in [0, 0.05) is 37.8 Å². The monoisotopic (exact) mass is 382 g/mol. The first kappa shape index (κ1) is 17.1. The van der Waals surface area contributed by atoms with Crippen molar-refractivity contribution in [2.24, 2.45) is 0 Å². The Bertz CT molecular complexity index is 1070. The Labute approximate surface area is 160 Å². The fourth-order valence-electron chi connectivity index (χ4n) is 3.60. The number of anilines is 1. The van der Waals surface area contributed by atoms with Crippen LogP contribution < -0.4 is 15.8 Å². The van der Waals surface area contributed by atoms with Crippen LogP contribution in [0.25, 0.3) is 17.2 Å². The fourth-order valence-corrected chi connectivity index (χ4v) is 3.60. The number of nitrogens with zero attached hydrogens (tertiary/aromatic N) is 4. The summed E-state index contributed by atoms with van der Waals surface area (Å²) in [5.41, 5.74) is 3.01. The summed E-state index contributed by atoms with van der Waals surface area (Å²) in [5, 5.41) is 6.35. The third-order valence-electron chi connectivity index (χ3n) is 5.04. The minimum absolute atomic E-state index is 0.266. The largest absolute Gasteiger partial charge is 0.378 e. The van der Waals surface area contributed by atoms with Gasteiger partial charge in [-0.05, 0) is 29.8 Å². The normalized spacial score (nSPS) is 16.4. The number of aromatic nitrogens is 4. The van der Waals surface area contributed by atoms with Gasteiger partial charge in [-0.15, -0.1) is 0 Å². The number of nitrogens with one attached hydrogen (secondary N) is 2. The molecule has 1 saturated heterocycles. The number of rotatable bonds is 3. The molecule has 0 amide bonds. The number of fused-ring (bicyclic) bond motifs is 1. The van der Waals surface area contributed by atoms with Crippen molar-refractivity contribution in [1.82, 2.24) is 25.1 Å². The molecular formula is C19H19FN6O2. The number of H-pyrrole nitrogens is 1. The van der Waals surface area contributed by atoms with Gasteiger partial charge < -0.3 is 15.0 Å². The zero-order valence-corrected chi connectivity index (χ0v) is 15.1. The maximum absolute atomic E-state index is 13.2. The lowest BCUT2D eigenvalue weighted by Crippen LogP contribution is -2.38. The van der Waals surface area contributed by atoms with E-state index < -0.39 is 0 Å². The molecular weight excluding hydrogens is 363 g/mol. The van der Waals surface area contributed by atoms with Gasteiger partial charge in [0.1, 0.15) is 11.6 Å². The lowest BCUT2D eigenvalue weighted by atomic mass is 10.1. The van der Waals surface area contributed by atoms with Gasteiger partial charge in [-0.3, -0.25) is 9.89 Å². The Morgan fingerprint density at radius 2 is 1.86 bits per heavy atom. The molecule has 8 nitrogen and oxygen atoms in total. The van der Waals surface area contributed by atoms with Gasteiger partial charge in [-0.2, -0.15) is 9.67 Å². The molecule has 0 bridgehead atoms. The molecule has 144 valence electrons. The van der Waals surface area contributed by atoms with E-state index in [0.29, 0.717) is 43.5 Å². The smallest absolute Gasteiger partial charge is 0.274 e. The second-order valence-corrected chi connectivity index (χ2v) is 6.83. The van der Waals surface area contributed by atoms with Crippen molar-refractivity contribution in [3.8, 4) is 17.2 Å². The van der Waals surface area contributed by atoms with E-state index in [1.165, 1.54) is 22.9 Å². The molecule has 0 unspecified atom stereocenters. The summed E-state index contributed by atoms with van der Waals surface area (Å²) >= 11 is 0. The predicted octanol–water partition coefficient (Wildman–Crippen LogP) is 1.20. The number of morpholine rings is 1. The summed E-state index contributed by atoms with van der Waals surface area (Å²) in [4.78, 5) is 24.1. The molecule has 2 N–H and O–H groups in total. The summed E-state index contributed by atoms with van der Waals surface area (Å²) in [7, 11) is 0. The molecule has 1 aromatic carbocycles. The van der Waals surface area contributed by atoms with Crippen molar-refractivity contribution >= 4 is 5.82 Å². The molecule has 9 heteroatoms. The molecule has 3 aromatic rings. The molecule has 2 aliphatic rings. The highest BCUT2D eigenvalue weighted by Gasteiger charge is 2.25. The van der Waals surface area contributed by atoms with E-state index in [2.05, 4.69) is 20.3 Å².